The number of nitrogens with zero attached hydrogens (tertiary/aromatic N) is 1. The van der Waals surface area contributed by atoms with Crippen molar-refractivity contribution in [2.75, 3.05) is 5.73 Å². The van der Waals surface area contributed by atoms with E-state index in [0.29, 0.717) is 23.1 Å². The molecule has 2 N–H and O–H groups in total. The summed E-state index contributed by atoms with van der Waals surface area (Å²) in [4.78, 5) is 3.99. The maximum absolute atomic E-state index is 5.32. The first-order chi connectivity index (χ1) is 4.75. The predicted octanol–water partition coefficient (Wildman–Crippen LogP) is 1.31. The lowest BCUT2D eigenvalue weighted by atomic mass is 10.5. The van der Waals surface area contributed by atoms with Crippen LogP contribution >= 0.6 is 0 Å². The molecule has 2 rings (SSSR count). The average Bonchev–Trinajstić information content (AvgIpc) is 2.21. The number of nitrogen functional groups attached to an aromatic ring is 1. The number of rotatable bonds is 0. The lowest BCUT2D eigenvalue weighted by Gasteiger charge is -1.77. The molecule has 2 aromatic heterocycles. The third kappa shape index (κ3) is 0.586. The van der Waals surface area contributed by atoms with Crippen LogP contribution in [0.25, 0.3) is 11.3 Å². The SMILES string of the molecule is Cc1nc2cc(N)oc2o1. The number of hydrogen-bond acceptors (Lipinski definition) is 4. The Bertz CT molecular complexity index is 298. The van der Waals surface area contributed by atoms with Crippen molar-refractivity contribution in [1.29, 1.82) is 0 Å². The second kappa shape index (κ2) is 1.53. The number of oxazole rings is 1. The highest BCUT2D eigenvalue weighted by molar-refractivity contribution is 5.70. The van der Waals surface area contributed by atoms with Crippen molar-refractivity contribution in [2.24, 2.45) is 0 Å². The maximum atomic E-state index is 5.32. The van der Waals surface area contributed by atoms with Crippen LogP contribution in [0.15, 0.2) is 14.9 Å². The minimum absolute atomic E-state index is 0.334. The summed E-state index contributed by atoms with van der Waals surface area (Å²) in [5.74, 6) is 1.32. The van der Waals surface area contributed by atoms with Gasteiger partial charge in [-0.15, -0.1) is 0 Å². The average molecular weight is 138 g/mol. The van der Waals surface area contributed by atoms with Crippen molar-refractivity contribution in [3.05, 3.63) is 12.0 Å². The fourth-order valence-electron chi connectivity index (χ4n) is 0.860. The molecule has 0 aliphatic heterocycles. The third-order valence-corrected chi connectivity index (χ3v) is 1.22. The van der Waals surface area contributed by atoms with Crippen molar-refractivity contribution < 1.29 is 8.83 Å². The lowest BCUT2D eigenvalue weighted by molar-refractivity contribution is 0.464. The normalized spacial score (nSPS) is 10.9. The smallest absolute Gasteiger partial charge is 0.319 e. The molecular formula is C6H6N2O2. The quantitative estimate of drug-likeness (QED) is 0.596. The Labute approximate surface area is 56.6 Å². The van der Waals surface area contributed by atoms with Crippen molar-refractivity contribution in [1.82, 2.24) is 4.98 Å². The summed E-state index contributed by atoms with van der Waals surface area (Å²) in [7, 11) is 0. The fraction of sp³-hybridized carbons (Fsp3) is 0.167. The first-order valence-electron chi connectivity index (χ1n) is 2.88. The van der Waals surface area contributed by atoms with Gasteiger partial charge in [0.25, 0.3) is 0 Å². The van der Waals surface area contributed by atoms with Crippen molar-refractivity contribution in [3.8, 4) is 0 Å². The van der Waals surface area contributed by atoms with Crippen LogP contribution in [0.5, 0.6) is 0 Å². The van der Waals surface area contributed by atoms with Gasteiger partial charge < -0.3 is 14.6 Å². The van der Waals surface area contributed by atoms with Gasteiger partial charge in [-0.2, -0.15) is 0 Å². The van der Waals surface area contributed by atoms with Crippen LogP contribution in [0.4, 0.5) is 5.88 Å². The van der Waals surface area contributed by atoms with Gasteiger partial charge in [-0.25, -0.2) is 4.98 Å². The molecule has 0 radical (unpaired) electrons. The van der Waals surface area contributed by atoms with Gasteiger partial charge in [0.2, 0.25) is 0 Å². The summed E-state index contributed by atoms with van der Waals surface area (Å²) >= 11 is 0. The highest BCUT2D eigenvalue weighted by Gasteiger charge is 2.06. The molecule has 0 fully saturated rings. The van der Waals surface area contributed by atoms with Gasteiger partial charge in [-0.3, -0.25) is 0 Å². The van der Waals surface area contributed by atoms with E-state index in [0.717, 1.165) is 0 Å². The Morgan fingerprint density at radius 2 is 2.30 bits per heavy atom. The summed E-state index contributed by atoms with van der Waals surface area (Å²) in [5.41, 5.74) is 5.99. The minimum atomic E-state index is 0.334. The number of hydrogen-bond donors (Lipinski definition) is 1. The molecule has 0 unspecified atom stereocenters. The van der Waals surface area contributed by atoms with Gasteiger partial charge in [-0.1, -0.05) is 0 Å². The first-order valence-corrected chi connectivity index (χ1v) is 2.88. The van der Waals surface area contributed by atoms with Crippen molar-refractivity contribution in [3.63, 3.8) is 0 Å². The summed E-state index contributed by atoms with van der Waals surface area (Å²) < 4.78 is 9.97. The molecule has 52 valence electrons. The Balaban J connectivity index is 2.83. The Morgan fingerprint density at radius 1 is 1.50 bits per heavy atom. The van der Waals surface area contributed by atoms with Crippen LogP contribution in [-0.4, -0.2) is 4.98 Å². The molecule has 0 amide bonds. The van der Waals surface area contributed by atoms with Gasteiger partial charge in [0.15, 0.2) is 17.3 Å². The third-order valence-electron chi connectivity index (χ3n) is 1.22. The Morgan fingerprint density at radius 3 is 3.00 bits per heavy atom. The Hall–Kier alpha value is -1.45. The highest BCUT2D eigenvalue weighted by Crippen LogP contribution is 2.20. The topological polar surface area (TPSA) is 65.2 Å². The molecule has 0 saturated carbocycles. The number of aryl methyl sites for hydroxylation is 1. The molecule has 4 heteroatoms. The minimum Gasteiger partial charge on any atom is -0.410 e. The van der Waals surface area contributed by atoms with E-state index in [1.807, 2.05) is 0 Å². The first kappa shape index (κ1) is 5.34. The zero-order chi connectivity index (χ0) is 7.14. The summed E-state index contributed by atoms with van der Waals surface area (Å²) in [5, 5.41) is 0. The highest BCUT2D eigenvalue weighted by atomic mass is 16.5. The lowest BCUT2D eigenvalue weighted by Crippen LogP contribution is -1.76. The number of nitrogens with two attached hydrogens (primary N) is 1. The van der Waals surface area contributed by atoms with E-state index in [4.69, 9.17) is 14.6 Å². The predicted molar refractivity (Wildman–Crippen MR) is 35.4 cm³/mol. The van der Waals surface area contributed by atoms with E-state index >= 15 is 0 Å². The zero-order valence-electron chi connectivity index (χ0n) is 5.42. The van der Waals surface area contributed by atoms with Crippen LogP contribution in [-0.2, 0) is 0 Å². The van der Waals surface area contributed by atoms with Crippen molar-refractivity contribution in [2.45, 2.75) is 6.92 Å². The Kier molecular flexibility index (Phi) is 0.818. The molecule has 0 aliphatic carbocycles. The number of fused-ring (bicyclic) bond motifs is 1. The van der Waals surface area contributed by atoms with E-state index < -0.39 is 0 Å². The molecule has 2 heterocycles. The zero-order valence-corrected chi connectivity index (χ0v) is 5.42. The van der Waals surface area contributed by atoms with Gasteiger partial charge in [0.1, 0.15) is 0 Å². The van der Waals surface area contributed by atoms with Crippen LogP contribution in [0, 0.1) is 6.92 Å². The van der Waals surface area contributed by atoms with E-state index in [9.17, 15) is 0 Å². The van der Waals surface area contributed by atoms with Gasteiger partial charge in [0, 0.05) is 13.0 Å². The number of anilines is 1. The molecule has 0 spiro atoms. The largest absolute Gasteiger partial charge is 0.410 e. The molecular weight excluding hydrogens is 132 g/mol. The van der Waals surface area contributed by atoms with Crippen LogP contribution in [0.1, 0.15) is 5.89 Å². The van der Waals surface area contributed by atoms with E-state index in [-0.39, 0.29) is 0 Å². The monoisotopic (exact) mass is 138 g/mol. The number of aromatic nitrogens is 1. The van der Waals surface area contributed by atoms with Crippen LogP contribution < -0.4 is 5.73 Å². The fourth-order valence-corrected chi connectivity index (χ4v) is 0.860. The summed E-state index contributed by atoms with van der Waals surface area (Å²) in [6, 6.07) is 1.63. The molecule has 2 aromatic rings. The van der Waals surface area contributed by atoms with Crippen LogP contribution in [0.2, 0.25) is 0 Å². The maximum Gasteiger partial charge on any atom is 0.319 e. The summed E-state index contributed by atoms with van der Waals surface area (Å²) in [6.45, 7) is 1.76. The summed E-state index contributed by atoms with van der Waals surface area (Å²) in [6.07, 6.45) is 0. The molecule has 0 atom stereocenters. The van der Waals surface area contributed by atoms with Crippen LogP contribution in [0.3, 0.4) is 0 Å². The van der Waals surface area contributed by atoms with E-state index in [1.165, 1.54) is 0 Å². The molecule has 10 heavy (non-hydrogen) atoms. The van der Waals surface area contributed by atoms with E-state index in [1.54, 1.807) is 13.0 Å². The molecule has 0 bridgehead atoms. The van der Waals surface area contributed by atoms with Gasteiger partial charge >= 0.3 is 5.78 Å². The second-order valence-corrected chi connectivity index (χ2v) is 2.05. The number of furan rings is 1. The van der Waals surface area contributed by atoms with Gasteiger partial charge in [-0.05, 0) is 0 Å². The molecule has 0 aliphatic rings. The second-order valence-electron chi connectivity index (χ2n) is 2.05. The standard InChI is InChI=1S/C6H6N2O2/c1-3-8-4-2-5(7)10-6(4)9-3/h2H,7H2,1H3. The molecule has 0 saturated heterocycles. The van der Waals surface area contributed by atoms with E-state index in [2.05, 4.69) is 4.98 Å². The molecule has 0 aromatic carbocycles. The van der Waals surface area contributed by atoms with Gasteiger partial charge in [0.05, 0.1) is 0 Å². The molecule has 4 nitrogen and oxygen atoms in total. The van der Waals surface area contributed by atoms with Crippen molar-refractivity contribution >= 4 is 17.2 Å².